The Bertz CT molecular complexity index is 612. The van der Waals surface area contributed by atoms with Gasteiger partial charge in [-0.1, -0.05) is 12.1 Å². The summed E-state index contributed by atoms with van der Waals surface area (Å²) in [5, 5.41) is 4.20. The zero-order chi connectivity index (χ0) is 15.4. The van der Waals surface area contributed by atoms with Crippen molar-refractivity contribution < 1.29 is 14.2 Å². The Morgan fingerprint density at radius 1 is 1.14 bits per heavy atom. The Morgan fingerprint density at radius 2 is 1.86 bits per heavy atom. The third kappa shape index (κ3) is 2.65. The summed E-state index contributed by atoms with van der Waals surface area (Å²) in [6, 6.07) is 5.27. The van der Waals surface area contributed by atoms with Crippen molar-refractivity contribution in [1.82, 2.24) is 15.2 Å². The van der Waals surface area contributed by atoms with E-state index >= 15 is 0 Å². The first kappa shape index (κ1) is 15.1. The molecule has 1 unspecified atom stereocenters. The summed E-state index contributed by atoms with van der Waals surface area (Å²) in [5.74, 6) is 7.66. The molecule has 1 aromatic heterocycles. The fourth-order valence-electron chi connectivity index (χ4n) is 2.37. The molecular formula is C14H20N4O3. The molecule has 114 valence electrons. The highest BCUT2D eigenvalue weighted by atomic mass is 16.5. The molecule has 0 bridgehead atoms. The van der Waals surface area contributed by atoms with Crippen molar-refractivity contribution in [2.45, 2.75) is 6.04 Å². The predicted molar refractivity (Wildman–Crippen MR) is 78.5 cm³/mol. The topological polar surface area (TPSA) is 83.6 Å². The van der Waals surface area contributed by atoms with E-state index in [9.17, 15) is 0 Å². The average molecular weight is 292 g/mol. The van der Waals surface area contributed by atoms with Gasteiger partial charge in [0.05, 0.1) is 33.6 Å². The summed E-state index contributed by atoms with van der Waals surface area (Å²) >= 11 is 0. The van der Waals surface area contributed by atoms with Crippen LogP contribution in [0, 0.1) is 0 Å². The molecule has 7 nitrogen and oxygen atoms in total. The van der Waals surface area contributed by atoms with Crippen LogP contribution >= 0.6 is 0 Å². The van der Waals surface area contributed by atoms with E-state index in [1.165, 1.54) is 0 Å². The maximum Gasteiger partial charge on any atom is 0.165 e. The summed E-state index contributed by atoms with van der Waals surface area (Å²) in [5.41, 5.74) is 4.42. The van der Waals surface area contributed by atoms with Crippen LogP contribution in [0.1, 0.15) is 17.3 Å². The van der Waals surface area contributed by atoms with Crippen LogP contribution < -0.4 is 25.5 Å². The normalized spacial score (nSPS) is 12.0. The van der Waals surface area contributed by atoms with Crippen LogP contribution in [-0.4, -0.2) is 31.1 Å². The van der Waals surface area contributed by atoms with Gasteiger partial charge < -0.3 is 14.2 Å². The van der Waals surface area contributed by atoms with Crippen LogP contribution in [0.15, 0.2) is 24.4 Å². The lowest BCUT2D eigenvalue weighted by Gasteiger charge is -2.21. The minimum Gasteiger partial charge on any atom is -0.493 e. The Morgan fingerprint density at radius 3 is 2.43 bits per heavy atom. The summed E-state index contributed by atoms with van der Waals surface area (Å²) in [4.78, 5) is 0. The summed E-state index contributed by atoms with van der Waals surface area (Å²) in [6.45, 7) is 0. The van der Waals surface area contributed by atoms with Gasteiger partial charge in [-0.25, -0.2) is 5.43 Å². The van der Waals surface area contributed by atoms with E-state index in [4.69, 9.17) is 20.1 Å². The number of hydrazine groups is 1. The van der Waals surface area contributed by atoms with Gasteiger partial charge in [-0.3, -0.25) is 10.5 Å². The van der Waals surface area contributed by atoms with Gasteiger partial charge in [0.15, 0.2) is 17.2 Å². The molecule has 0 amide bonds. The Kier molecular flexibility index (Phi) is 4.66. The lowest BCUT2D eigenvalue weighted by Crippen LogP contribution is -2.31. The van der Waals surface area contributed by atoms with Gasteiger partial charge in [0.25, 0.3) is 0 Å². The van der Waals surface area contributed by atoms with Crippen LogP contribution in [0.2, 0.25) is 0 Å². The van der Waals surface area contributed by atoms with Gasteiger partial charge in [-0.05, 0) is 6.07 Å². The molecule has 1 atom stereocenters. The van der Waals surface area contributed by atoms with Crippen molar-refractivity contribution in [3.05, 3.63) is 35.7 Å². The predicted octanol–water partition coefficient (Wildman–Crippen LogP) is 0.999. The monoisotopic (exact) mass is 292 g/mol. The molecular weight excluding hydrogens is 272 g/mol. The lowest BCUT2D eigenvalue weighted by atomic mass is 10.0. The maximum absolute atomic E-state index is 5.76. The molecule has 0 saturated heterocycles. The average Bonchev–Trinajstić information content (AvgIpc) is 2.89. The number of nitrogens with one attached hydrogen (secondary N) is 1. The van der Waals surface area contributed by atoms with E-state index in [-0.39, 0.29) is 6.04 Å². The second kappa shape index (κ2) is 6.47. The molecule has 0 aliphatic carbocycles. The first-order valence-electron chi connectivity index (χ1n) is 6.40. The molecule has 2 aromatic rings. The van der Waals surface area contributed by atoms with E-state index in [1.807, 2.05) is 25.2 Å². The standard InChI is InChI=1S/C14H20N4O3/c1-18-13(11(20-3)8-16-18)12(17-15)9-6-5-7-10(19-2)14(9)21-4/h5-8,12,17H,15H2,1-4H3. The number of rotatable bonds is 6. The second-order valence-electron chi connectivity index (χ2n) is 4.40. The Balaban J connectivity index is 2.59. The summed E-state index contributed by atoms with van der Waals surface area (Å²) in [6.07, 6.45) is 1.65. The van der Waals surface area contributed by atoms with Gasteiger partial charge in [-0.15, -0.1) is 0 Å². The zero-order valence-corrected chi connectivity index (χ0v) is 12.6. The number of ether oxygens (including phenoxy) is 3. The van der Waals surface area contributed by atoms with Crippen LogP contribution in [0.25, 0.3) is 0 Å². The second-order valence-corrected chi connectivity index (χ2v) is 4.40. The minimum atomic E-state index is -0.350. The number of benzene rings is 1. The van der Waals surface area contributed by atoms with E-state index in [2.05, 4.69) is 10.5 Å². The molecule has 1 heterocycles. The third-order valence-electron chi connectivity index (χ3n) is 3.35. The number of methoxy groups -OCH3 is 3. The van der Waals surface area contributed by atoms with Crippen LogP contribution in [0.3, 0.4) is 0 Å². The number of hydrogen-bond donors (Lipinski definition) is 2. The molecule has 0 aliphatic rings. The molecule has 1 aromatic carbocycles. The number of hydrogen-bond acceptors (Lipinski definition) is 6. The van der Waals surface area contributed by atoms with Gasteiger partial charge in [-0.2, -0.15) is 5.10 Å². The molecule has 0 fully saturated rings. The summed E-state index contributed by atoms with van der Waals surface area (Å²) < 4.78 is 17.9. The molecule has 0 spiro atoms. The van der Waals surface area contributed by atoms with Gasteiger partial charge in [0.1, 0.15) is 5.69 Å². The molecule has 0 aliphatic heterocycles. The highest BCUT2D eigenvalue weighted by Crippen LogP contribution is 2.38. The van der Waals surface area contributed by atoms with Crippen molar-refractivity contribution in [1.29, 1.82) is 0 Å². The molecule has 0 radical (unpaired) electrons. The first-order chi connectivity index (χ1) is 10.2. The number of para-hydroxylation sites is 1. The molecule has 21 heavy (non-hydrogen) atoms. The number of nitrogens with two attached hydrogens (primary N) is 1. The zero-order valence-electron chi connectivity index (χ0n) is 12.6. The number of aryl methyl sites for hydroxylation is 1. The minimum absolute atomic E-state index is 0.350. The van der Waals surface area contributed by atoms with Crippen molar-refractivity contribution in [3.8, 4) is 17.2 Å². The maximum atomic E-state index is 5.76. The highest BCUT2D eigenvalue weighted by molar-refractivity contribution is 5.51. The molecule has 3 N–H and O–H groups in total. The Hall–Kier alpha value is -2.25. The number of aromatic nitrogens is 2. The third-order valence-corrected chi connectivity index (χ3v) is 3.35. The van der Waals surface area contributed by atoms with Gasteiger partial charge in [0, 0.05) is 12.6 Å². The van der Waals surface area contributed by atoms with Crippen LogP contribution in [-0.2, 0) is 7.05 Å². The van der Waals surface area contributed by atoms with E-state index in [0.29, 0.717) is 17.2 Å². The van der Waals surface area contributed by atoms with Crippen molar-refractivity contribution in [3.63, 3.8) is 0 Å². The van der Waals surface area contributed by atoms with Gasteiger partial charge >= 0.3 is 0 Å². The largest absolute Gasteiger partial charge is 0.493 e. The lowest BCUT2D eigenvalue weighted by molar-refractivity contribution is 0.347. The van der Waals surface area contributed by atoms with E-state index in [0.717, 1.165) is 11.3 Å². The van der Waals surface area contributed by atoms with E-state index < -0.39 is 0 Å². The van der Waals surface area contributed by atoms with Gasteiger partial charge in [0.2, 0.25) is 0 Å². The van der Waals surface area contributed by atoms with Crippen molar-refractivity contribution in [2.24, 2.45) is 12.9 Å². The smallest absolute Gasteiger partial charge is 0.165 e. The number of nitrogens with zero attached hydrogens (tertiary/aromatic N) is 2. The SMILES string of the molecule is COc1cccc(C(NN)c2c(OC)cnn2C)c1OC. The van der Waals surface area contributed by atoms with Crippen LogP contribution in [0.4, 0.5) is 0 Å². The fraction of sp³-hybridized carbons (Fsp3) is 0.357. The summed E-state index contributed by atoms with van der Waals surface area (Å²) in [7, 11) is 6.61. The molecule has 2 rings (SSSR count). The molecule has 7 heteroatoms. The van der Waals surface area contributed by atoms with Crippen LogP contribution in [0.5, 0.6) is 17.2 Å². The van der Waals surface area contributed by atoms with E-state index in [1.54, 1.807) is 32.2 Å². The quantitative estimate of drug-likeness (QED) is 0.610. The highest BCUT2D eigenvalue weighted by Gasteiger charge is 2.25. The Labute approximate surface area is 123 Å². The molecule has 0 saturated carbocycles. The fourth-order valence-corrected chi connectivity index (χ4v) is 2.37. The van der Waals surface area contributed by atoms with Crippen molar-refractivity contribution in [2.75, 3.05) is 21.3 Å². The van der Waals surface area contributed by atoms with Crippen molar-refractivity contribution >= 4 is 0 Å². The first-order valence-corrected chi connectivity index (χ1v) is 6.40.